The van der Waals surface area contributed by atoms with E-state index in [2.05, 4.69) is 10.2 Å². The van der Waals surface area contributed by atoms with E-state index in [4.69, 9.17) is 9.47 Å². The van der Waals surface area contributed by atoms with Crippen LogP contribution >= 0.6 is 0 Å². The molecule has 0 radical (unpaired) electrons. The first-order chi connectivity index (χ1) is 19.1. The molecule has 1 saturated heterocycles. The number of benzene rings is 3. The van der Waals surface area contributed by atoms with Gasteiger partial charge in [-0.3, -0.25) is 14.4 Å². The first-order valence-electron chi connectivity index (χ1n) is 13.1. The summed E-state index contributed by atoms with van der Waals surface area (Å²) in [7, 11) is 0. The van der Waals surface area contributed by atoms with Crippen LogP contribution in [0.3, 0.4) is 0 Å². The van der Waals surface area contributed by atoms with Gasteiger partial charge in [-0.2, -0.15) is 5.10 Å². The highest BCUT2D eigenvalue weighted by molar-refractivity contribution is 5.97. The van der Waals surface area contributed by atoms with Gasteiger partial charge in [-0.15, -0.1) is 0 Å². The first kappa shape index (κ1) is 24.8. The number of H-pyrrole nitrogens is 1. The largest absolute Gasteiger partial charge is 0.484 e. The summed E-state index contributed by atoms with van der Waals surface area (Å²) in [5.74, 6) is 0.496. The van der Waals surface area contributed by atoms with Gasteiger partial charge < -0.3 is 19.3 Å². The van der Waals surface area contributed by atoms with Crippen LogP contribution in [0.2, 0.25) is 0 Å². The molecular weight excluding hydrogens is 496 g/mol. The third-order valence-corrected chi connectivity index (χ3v) is 7.26. The monoisotopic (exact) mass is 524 g/mol. The molecule has 39 heavy (non-hydrogen) atoms. The fourth-order valence-corrected chi connectivity index (χ4v) is 5.14. The molecular formula is C30H28N4O5. The van der Waals surface area contributed by atoms with Crippen molar-refractivity contribution in [3.63, 3.8) is 0 Å². The molecule has 1 fully saturated rings. The molecule has 9 nitrogen and oxygen atoms in total. The number of amides is 2. The molecule has 6 rings (SSSR count). The number of hydrogen-bond donors (Lipinski definition) is 1. The lowest BCUT2D eigenvalue weighted by atomic mass is 10.0. The number of carbonyl (C=O) groups excluding carboxylic acids is 2. The van der Waals surface area contributed by atoms with Gasteiger partial charge in [0, 0.05) is 36.7 Å². The molecule has 0 saturated carbocycles. The summed E-state index contributed by atoms with van der Waals surface area (Å²) >= 11 is 0. The number of aromatic nitrogens is 2. The number of carbonyl (C=O) groups is 2. The molecule has 0 bridgehead atoms. The Balaban J connectivity index is 1.13. The smallest absolute Gasteiger partial charge is 0.272 e. The number of aromatic amines is 1. The zero-order valence-electron chi connectivity index (χ0n) is 21.4. The number of ether oxygens (including phenoxy) is 2. The van der Waals surface area contributed by atoms with Gasteiger partial charge in [-0.1, -0.05) is 48.5 Å². The van der Waals surface area contributed by atoms with Crippen LogP contribution in [-0.2, 0) is 27.2 Å². The van der Waals surface area contributed by atoms with Gasteiger partial charge in [-0.25, -0.2) is 5.10 Å². The molecule has 2 amide bonds. The maximum Gasteiger partial charge on any atom is 0.272 e. The molecule has 0 aliphatic carbocycles. The molecule has 0 unspecified atom stereocenters. The Kier molecular flexibility index (Phi) is 6.81. The minimum atomic E-state index is -0.222. The highest BCUT2D eigenvalue weighted by atomic mass is 16.5. The Morgan fingerprint density at radius 2 is 1.69 bits per heavy atom. The summed E-state index contributed by atoms with van der Waals surface area (Å²) in [6, 6.07) is 20.7. The highest BCUT2D eigenvalue weighted by Crippen LogP contribution is 2.32. The van der Waals surface area contributed by atoms with Crippen LogP contribution in [0.4, 0.5) is 5.69 Å². The number of hydrogen-bond acceptors (Lipinski definition) is 6. The molecule has 0 atom stereocenters. The van der Waals surface area contributed by atoms with Crippen LogP contribution in [0.25, 0.3) is 22.0 Å². The number of rotatable bonds is 6. The predicted octanol–water partition coefficient (Wildman–Crippen LogP) is 2.96. The summed E-state index contributed by atoms with van der Waals surface area (Å²) in [5, 5.41) is 8.20. The SMILES string of the molecule is O=C(COc1ccc2c(c1)N(C(=O)Cc1ccc(-c3n[nH]c(=O)c4ccccc34)cc1)CC2)N1CCOCC1. The minimum Gasteiger partial charge on any atom is -0.484 e. The van der Waals surface area contributed by atoms with E-state index in [1.54, 1.807) is 15.9 Å². The van der Waals surface area contributed by atoms with Crippen LogP contribution < -0.4 is 15.2 Å². The van der Waals surface area contributed by atoms with Crippen molar-refractivity contribution < 1.29 is 19.1 Å². The van der Waals surface area contributed by atoms with Crippen LogP contribution in [-0.4, -0.2) is 66.4 Å². The Morgan fingerprint density at radius 3 is 2.49 bits per heavy atom. The van der Waals surface area contributed by atoms with Crippen molar-refractivity contribution in [3.8, 4) is 17.0 Å². The summed E-state index contributed by atoms with van der Waals surface area (Å²) in [5.41, 5.74) is 4.13. The minimum absolute atomic E-state index is 0.00402. The van der Waals surface area contributed by atoms with Crippen LogP contribution in [0.15, 0.2) is 71.5 Å². The van der Waals surface area contributed by atoms with Crippen LogP contribution in [0, 0.1) is 0 Å². The molecule has 2 aliphatic heterocycles. The molecule has 1 aromatic heterocycles. The van der Waals surface area contributed by atoms with Crippen molar-refractivity contribution in [2.45, 2.75) is 12.8 Å². The van der Waals surface area contributed by atoms with Crippen molar-refractivity contribution >= 4 is 28.3 Å². The zero-order valence-corrected chi connectivity index (χ0v) is 21.4. The second-order valence-electron chi connectivity index (χ2n) is 9.69. The lowest BCUT2D eigenvalue weighted by Gasteiger charge is -2.26. The van der Waals surface area contributed by atoms with Crippen molar-refractivity contribution in [3.05, 3.63) is 88.2 Å². The number of anilines is 1. The van der Waals surface area contributed by atoms with Gasteiger partial charge in [0.2, 0.25) is 5.91 Å². The van der Waals surface area contributed by atoms with Crippen molar-refractivity contribution in [1.82, 2.24) is 15.1 Å². The lowest BCUT2D eigenvalue weighted by Crippen LogP contribution is -2.42. The number of fused-ring (bicyclic) bond motifs is 2. The van der Waals surface area contributed by atoms with Crippen LogP contribution in [0.1, 0.15) is 11.1 Å². The van der Waals surface area contributed by atoms with Gasteiger partial charge >= 0.3 is 0 Å². The van der Waals surface area contributed by atoms with E-state index < -0.39 is 0 Å². The third kappa shape index (κ3) is 5.13. The highest BCUT2D eigenvalue weighted by Gasteiger charge is 2.26. The van der Waals surface area contributed by atoms with Gasteiger partial charge in [0.15, 0.2) is 6.61 Å². The van der Waals surface area contributed by atoms with E-state index in [1.807, 2.05) is 60.7 Å². The quantitative estimate of drug-likeness (QED) is 0.416. The molecule has 198 valence electrons. The first-order valence-corrected chi connectivity index (χ1v) is 13.1. The van der Waals surface area contributed by atoms with E-state index in [1.165, 1.54) is 0 Å². The van der Waals surface area contributed by atoms with Gasteiger partial charge in [0.25, 0.3) is 11.5 Å². The maximum absolute atomic E-state index is 13.3. The van der Waals surface area contributed by atoms with E-state index >= 15 is 0 Å². The molecule has 9 heteroatoms. The average Bonchev–Trinajstić information content (AvgIpc) is 3.41. The van der Waals surface area contributed by atoms with Crippen molar-refractivity contribution in [2.75, 3.05) is 44.4 Å². The van der Waals surface area contributed by atoms with Gasteiger partial charge in [0.05, 0.1) is 36.4 Å². The van der Waals surface area contributed by atoms with E-state index in [9.17, 15) is 14.4 Å². The van der Waals surface area contributed by atoms with Crippen molar-refractivity contribution in [1.29, 1.82) is 0 Å². The Morgan fingerprint density at radius 1 is 0.923 bits per heavy atom. The Bertz CT molecular complexity index is 1590. The van der Waals surface area contributed by atoms with E-state index in [0.29, 0.717) is 49.7 Å². The molecule has 4 aromatic rings. The summed E-state index contributed by atoms with van der Waals surface area (Å²) in [6.07, 6.45) is 1.03. The Hall–Kier alpha value is -4.50. The normalized spacial score (nSPS) is 14.9. The Labute approximate surface area is 225 Å². The molecule has 1 N–H and O–H groups in total. The standard InChI is InChI=1S/C30H28N4O5/c35-27(17-20-5-7-22(8-6-20)29-24-3-1-2-4-25(24)30(37)32-31-29)34-12-11-21-9-10-23(18-26(21)34)39-19-28(36)33-13-15-38-16-14-33/h1-10,18H,11-17,19H2,(H,32,37). The van der Waals surface area contributed by atoms with Crippen LogP contribution in [0.5, 0.6) is 5.75 Å². The summed E-state index contributed by atoms with van der Waals surface area (Å²) < 4.78 is 11.1. The second-order valence-corrected chi connectivity index (χ2v) is 9.69. The number of nitrogens with zero attached hydrogens (tertiary/aromatic N) is 3. The van der Waals surface area contributed by atoms with Gasteiger partial charge in [-0.05, 0) is 29.7 Å². The van der Waals surface area contributed by atoms with E-state index in [0.717, 1.165) is 34.2 Å². The molecule has 2 aliphatic rings. The number of nitrogens with one attached hydrogen (secondary N) is 1. The molecule has 3 heterocycles. The topological polar surface area (TPSA) is 105 Å². The van der Waals surface area contributed by atoms with Gasteiger partial charge in [0.1, 0.15) is 5.75 Å². The fourth-order valence-electron chi connectivity index (χ4n) is 5.14. The molecule has 3 aromatic carbocycles. The van der Waals surface area contributed by atoms with Crippen molar-refractivity contribution in [2.24, 2.45) is 0 Å². The zero-order chi connectivity index (χ0) is 26.8. The second kappa shape index (κ2) is 10.7. The fraction of sp³-hybridized carbons (Fsp3) is 0.267. The maximum atomic E-state index is 13.3. The molecule has 0 spiro atoms. The number of morpholine rings is 1. The third-order valence-electron chi connectivity index (χ3n) is 7.26. The summed E-state index contributed by atoms with van der Waals surface area (Å²) in [4.78, 5) is 41.4. The average molecular weight is 525 g/mol. The van der Waals surface area contributed by atoms with E-state index in [-0.39, 0.29) is 30.4 Å². The lowest BCUT2D eigenvalue weighted by molar-refractivity contribution is -0.137. The summed E-state index contributed by atoms with van der Waals surface area (Å²) in [6.45, 7) is 2.81. The predicted molar refractivity (Wildman–Crippen MR) is 147 cm³/mol.